The number of benzene rings is 1. The molecule has 0 aliphatic rings. The van der Waals surface area contributed by atoms with Crippen molar-refractivity contribution in [1.82, 2.24) is 15.1 Å². The molecule has 0 fully saturated rings. The van der Waals surface area contributed by atoms with Crippen LogP contribution in [0.15, 0.2) is 54.2 Å². The Morgan fingerprint density at radius 2 is 2.28 bits per heavy atom. The van der Waals surface area contributed by atoms with E-state index in [1.807, 2.05) is 34.5 Å². The molecule has 3 aromatic rings. The number of methoxy groups -OCH3 is 1. The van der Waals surface area contributed by atoms with Crippen LogP contribution >= 0.6 is 22.9 Å². The maximum atomic E-state index is 12.3. The van der Waals surface area contributed by atoms with E-state index in [9.17, 15) is 4.79 Å². The van der Waals surface area contributed by atoms with Crippen molar-refractivity contribution < 1.29 is 9.53 Å². The molecule has 1 aromatic carbocycles. The Morgan fingerprint density at radius 1 is 1.40 bits per heavy atom. The largest absolute Gasteiger partial charge is 0.495 e. The van der Waals surface area contributed by atoms with E-state index < -0.39 is 0 Å². The number of halogens is 1. The molecule has 2 aromatic heterocycles. The fourth-order valence-corrected chi connectivity index (χ4v) is 3.40. The maximum absolute atomic E-state index is 12.3. The summed E-state index contributed by atoms with van der Waals surface area (Å²) in [5.74, 6) is 0.543. The number of aromatic nitrogens is 2. The normalized spacial score (nSPS) is 11.8. The lowest BCUT2D eigenvalue weighted by Gasteiger charge is -2.18. The van der Waals surface area contributed by atoms with Gasteiger partial charge in [-0.25, -0.2) is 4.79 Å². The van der Waals surface area contributed by atoms with Crippen LogP contribution in [0.25, 0.3) is 0 Å². The van der Waals surface area contributed by atoms with Crippen LogP contribution in [0, 0.1) is 0 Å². The number of rotatable bonds is 6. The SMILES string of the molecule is COc1ccc(Cl)cc1NC(=O)NCC(c1cccs1)n1cccn1. The van der Waals surface area contributed by atoms with Gasteiger partial charge < -0.3 is 15.4 Å². The highest BCUT2D eigenvalue weighted by Crippen LogP contribution is 2.27. The average molecular weight is 377 g/mol. The smallest absolute Gasteiger partial charge is 0.319 e. The Morgan fingerprint density at radius 3 is 2.96 bits per heavy atom. The van der Waals surface area contributed by atoms with Crippen molar-refractivity contribution in [3.63, 3.8) is 0 Å². The monoisotopic (exact) mass is 376 g/mol. The number of hydrogen-bond donors (Lipinski definition) is 2. The van der Waals surface area contributed by atoms with Gasteiger partial charge in [0, 0.05) is 28.8 Å². The second kappa shape index (κ2) is 8.04. The summed E-state index contributed by atoms with van der Waals surface area (Å²) in [6, 6.07) is 10.5. The van der Waals surface area contributed by atoms with Crippen molar-refractivity contribution in [2.75, 3.05) is 19.0 Å². The summed E-state index contributed by atoms with van der Waals surface area (Å²) in [7, 11) is 1.54. The van der Waals surface area contributed by atoms with Gasteiger partial charge in [0.1, 0.15) is 11.8 Å². The van der Waals surface area contributed by atoms with Gasteiger partial charge in [-0.05, 0) is 35.7 Å². The number of carbonyl (C=O) groups excluding carboxylic acids is 1. The first-order valence-corrected chi connectivity index (χ1v) is 8.84. The van der Waals surface area contributed by atoms with E-state index in [2.05, 4.69) is 15.7 Å². The molecule has 130 valence electrons. The van der Waals surface area contributed by atoms with Crippen molar-refractivity contribution in [2.24, 2.45) is 0 Å². The van der Waals surface area contributed by atoms with Gasteiger partial charge in [-0.15, -0.1) is 11.3 Å². The van der Waals surface area contributed by atoms with Gasteiger partial charge in [-0.2, -0.15) is 5.10 Å². The third-order valence-corrected chi connectivity index (χ3v) is 4.79. The van der Waals surface area contributed by atoms with Crippen molar-refractivity contribution >= 4 is 34.7 Å². The third-order valence-electron chi connectivity index (χ3n) is 3.58. The zero-order valence-corrected chi connectivity index (χ0v) is 15.1. The van der Waals surface area contributed by atoms with Crippen molar-refractivity contribution in [1.29, 1.82) is 0 Å². The number of hydrogen-bond acceptors (Lipinski definition) is 4. The standard InChI is InChI=1S/C17H17ClN4O2S/c1-24-15-6-5-12(18)10-13(15)21-17(23)19-11-14(16-4-2-9-25-16)22-8-3-7-20-22/h2-10,14H,11H2,1H3,(H2,19,21,23). The molecule has 1 atom stereocenters. The number of thiophene rings is 1. The van der Waals surface area contributed by atoms with Gasteiger partial charge in [0.25, 0.3) is 0 Å². The Labute approximate surface area is 154 Å². The summed E-state index contributed by atoms with van der Waals surface area (Å²) in [5, 5.41) is 12.4. The van der Waals surface area contributed by atoms with Crippen LogP contribution in [0.2, 0.25) is 5.02 Å². The number of urea groups is 1. The van der Waals surface area contributed by atoms with Crippen molar-refractivity contribution in [3.05, 3.63) is 64.1 Å². The van der Waals surface area contributed by atoms with E-state index in [4.69, 9.17) is 16.3 Å². The number of amides is 2. The summed E-state index contributed by atoms with van der Waals surface area (Å²) in [6.45, 7) is 0.400. The predicted molar refractivity (Wildman–Crippen MR) is 99.7 cm³/mol. The molecular weight excluding hydrogens is 360 g/mol. The quantitative estimate of drug-likeness (QED) is 0.682. The highest BCUT2D eigenvalue weighted by Gasteiger charge is 2.17. The minimum atomic E-state index is -0.339. The van der Waals surface area contributed by atoms with E-state index in [-0.39, 0.29) is 12.1 Å². The van der Waals surface area contributed by atoms with Crippen LogP contribution in [-0.4, -0.2) is 29.5 Å². The van der Waals surface area contributed by atoms with Crippen LogP contribution in [0.3, 0.4) is 0 Å². The molecule has 0 saturated carbocycles. The lowest BCUT2D eigenvalue weighted by Crippen LogP contribution is -2.34. The van der Waals surface area contributed by atoms with Crippen LogP contribution in [0.5, 0.6) is 5.75 Å². The van der Waals surface area contributed by atoms with Crippen LogP contribution < -0.4 is 15.4 Å². The lowest BCUT2D eigenvalue weighted by atomic mass is 10.2. The molecule has 3 rings (SSSR count). The van der Waals surface area contributed by atoms with Crippen LogP contribution in [0.4, 0.5) is 10.5 Å². The minimum absolute atomic E-state index is 0.0676. The van der Waals surface area contributed by atoms with Gasteiger partial charge in [0.05, 0.1) is 12.8 Å². The number of carbonyl (C=O) groups is 1. The molecule has 2 heterocycles. The molecular formula is C17H17ClN4O2S. The molecule has 2 N–H and O–H groups in total. The third kappa shape index (κ3) is 4.32. The van der Waals surface area contributed by atoms with Gasteiger partial charge in [-0.3, -0.25) is 4.68 Å². The molecule has 6 nitrogen and oxygen atoms in total. The highest BCUT2D eigenvalue weighted by atomic mass is 35.5. The van der Waals surface area contributed by atoms with E-state index >= 15 is 0 Å². The Balaban J connectivity index is 1.67. The average Bonchev–Trinajstić information content (AvgIpc) is 3.29. The Kier molecular flexibility index (Phi) is 5.57. The second-order valence-electron chi connectivity index (χ2n) is 5.20. The molecule has 0 aliphatic heterocycles. The Hall–Kier alpha value is -2.51. The van der Waals surface area contributed by atoms with E-state index in [0.717, 1.165) is 4.88 Å². The summed E-state index contributed by atoms with van der Waals surface area (Å²) >= 11 is 7.61. The number of nitrogens with zero attached hydrogens (tertiary/aromatic N) is 2. The molecule has 8 heteroatoms. The van der Waals surface area contributed by atoms with Crippen LogP contribution in [-0.2, 0) is 0 Å². The molecule has 0 bridgehead atoms. The first kappa shape index (κ1) is 17.3. The van der Waals surface area contributed by atoms with Crippen molar-refractivity contribution in [3.8, 4) is 5.75 Å². The molecule has 25 heavy (non-hydrogen) atoms. The molecule has 0 spiro atoms. The highest BCUT2D eigenvalue weighted by molar-refractivity contribution is 7.10. The zero-order chi connectivity index (χ0) is 17.6. The zero-order valence-electron chi connectivity index (χ0n) is 13.5. The summed E-state index contributed by atoms with van der Waals surface area (Å²) in [4.78, 5) is 13.4. The first-order valence-electron chi connectivity index (χ1n) is 7.58. The molecule has 2 amide bonds. The number of ether oxygens (including phenoxy) is 1. The van der Waals surface area contributed by atoms with Gasteiger partial charge in [0.15, 0.2) is 0 Å². The fraction of sp³-hybridized carbons (Fsp3) is 0.176. The lowest BCUT2D eigenvalue weighted by molar-refractivity contribution is 0.250. The van der Waals surface area contributed by atoms with Gasteiger partial charge >= 0.3 is 6.03 Å². The molecule has 0 aliphatic carbocycles. The van der Waals surface area contributed by atoms with Gasteiger partial charge in [-0.1, -0.05) is 17.7 Å². The second-order valence-corrected chi connectivity index (χ2v) is 6.61. The molecule has 0 radical (unpaired) electrons. The topological polar surface area (TPSA) is 68.2 Å². The van der Waals surface area contributed by atoms with E-state index in [0.29, 0.717) is 23.0 Å². The Bertz CT molecular complexity index is 787. The molecule has 0 saturated heterocycles. The van der Waals surface area contributed by atoms with Crippen LogP contribution in [0.1, 0.15) is 10.9 Å². The summed E-state index contributed by atoms with van der Waals surface area (Å²) in [5.41, 5.74) is 0.513. The van der Waals surface area contributed by atoms with Crippen molar-refractivity contribution in [2.45, 2.75) is 6.04 Å². The molecule has 1 unspecified atom stereocenters. The number of anilines is 1. The minimum Gasteiger partial charge on any atom is -0.495 e. The first-order chi connectivity index (χ1) is 12.2. The van der Waals surface area contributed by atoms with E-state index in [1.54, 1.807) is 35.7 Å². The van der Waals surface area contributed by atoms with Gasteiger partial charge in [0.2, 0.25) is 0 Å². The maximum Gasteiger partial charge on any atom is 0.319 e. The summed E-state index contributed by atoms with van der Waals surface area (Å²) in [6.07, 6.45) is 3.60. The summed E-state index contributed by atoms with van der Waals surface area (Å²) < 4.78 is 7.06. The fourth-order valence-electron chi connectivity index (χ4n) is 2.40. The van der Waals surface area contributed by atoms with E-state index in [1.165, 1.54) is 7.11 Å². The predicted octanol–water partition coefficient (Wildman–Crippen LogP) is 4.02. The number of nitrogens with one attached hydrogen (secondary N) is 2.